The smallest absolute Gasteiger partial charge is 0.137 e. The molecule has 0 bridgehead atoms. The fourth-order valence-electron chi connectivity index (χ4n) is 1.86. The SMILES string of the molecule is Clc1ccccc1NCc1cn2ccccc2n1. The second-order valence-electron chi connectivity index (χ2n) is 4.03. The van der Waals surface area contributed by atoms with Crippen molar-refractivity contribution >= 4 is 22.9 Å². The molecule has 0 amide bonds. The molecule has 0 saturated heterocycles. The zero-order valence-corrected chi connectivity index (χ0v) is 10.4. The molecule has 0 saturated carbocycles. The van der Waals surface area contributed by atoms with Gasteiger partial charge in [-0.25, -0.2) is 4.98 Å². The molecule has 0 aliphatic carbocycles. The maximum absolute atomic E-state index is 6.08. The molecule has 3 aromatic rings. The summed E-state index contributed by atoms with van der Waals surface area (Å²) >= 11 is 6.08. The number of hydrogen-bond donors (Lipinski definition) is 1. The van der Waals surface area contributed by atoms with Crippen LogP contribution in [-0.4, -0.2) is 9.38 Å². The molecule has 0 atom stereocenters. The molecule has 3 rings (SSSR count). The van der Waals surface area contributed by atoms with Crippen molar-refractivity contribution in [3.63, 3.8) is 0 Å². The standard InChI is InChI=1S/C14H12ClN3/c15-12-5-1-2-6-13(12)16-9-11-10-18-8-4-3-7-14(18)17-11/h1-8,10,16H,9H2. The highest BCUT2D eigenvalue weighted by Gasteiger charge is 2.02. The first-order valence-corrected chi connectivity index (χ1v) is 6.12. The Morgan fingerprint density at radius 1 is 1.11 bits per heavy atom. The fourth-order valence-corrected chi connectivity index (χ4v) is 2.07. The van der Waals surface area contributed by atoms with Gasteiger partial charge in [0.25, 0.3) is 0 Å². The number of nitrogens with zero attached hydrogens (tertiary/aromatic N) is 2. The van der Waals surface area contributed by atoms with Crippen LogP contribution in [0.1, 0.15) is 5.69 Å². The largest absolute Gasteiger partial charge is 0.378 e. The number of fused-ring (bicyclic) bond motifs is 1. The average molecular weight is 258 g/mol. The van der Waals surface area contributed by atoms with Crippen molar-refractivity contribution in [3.05, 3.63) is 65.6 Å². The third kappa shape index (κ3) is 2.17. The van der Waals surface area contributed by atoms with E-state index in [1.54, 1.807) is 0 Å². The van der Waals surface area contributed by atoms with Crippen LogP contribution in [0.5, 0.6) is 0 Å². The van der Waals surface area contributed by atoms with E-state index in [1.165, 1.54) is 0 Å². The van der Waals surface area contributed by atoms with Crippen molar-refractivity contribution < 1.29 is 0 Å². The van der Waals surface area contributed by atoms with E-state index in [2.05, 4.69) is 10.3 Å². The highest BCUT2D eigenvalue weighted by Crippen LogP contribution is 2.21. The number of benzene rings is 1. The molecular formula is C14H12ClN3. The molecule has 0 spiro atoms. The number of para-hydroxylation sites is 1. The zero-order chi connectivity index (χ0) is 12.4. The predicted octanol–water partition coefficient (Wildman–Crippen LogP) is 3.60. The summed E-state index contributed by atoms with van der Waals surface area (Å²) in [5.74, 6) is 0. The molecule has 0 unspecified atom stereocenters. The van der Waals surface area contributed by atoms with E-state index >= 15 is 0 Å². The highest BCUT2D eigenvalue weighted by atomic mass is 35.5. The number of nitrogens with one attached hydrogen (secondary N) is 1. The van der Waals surface area contributed by atoms with Gasteiger partial charge in [0.05, 0.1) is 22.9 Å². The molecule has 90 valence electrons. The summed E-state index contributed by atoms with van der Waals surface area (Å²) in [7, 11) is 0. The summed E-state index contributed by atoms with van der Waals surface area (Å²) in [6, 6.07) is 13.6. The number of pyridine rings is 1. The fraction of sp³-hybridized carbons (Fsp3) is 0.0714. The summed E-state index contributed by atoms with van der Waals surface area (Å²) in [4.78, 5) is 4.51. The van der Waals surface area contributed by atoms with Crippen LogP contribution >= 0.6 is 11.6 Å². The van der Waals surface area contributed by atoms with Gasteiger partial charge in [-0.3, -0.25) is 0 Å². The number of halogens is 1. The van der Waals surface area contributed by atoms with E-state index in [9.17, 15) is 0 Å². The molecule has 0 radical (unpaired) electrons. The number of aromatic nitrogens is 2. The first-order chi connectivity index (χ1) is 8.83. The van der Waals surface area contributed by atoms with Crippen molar-refractivity contribution in [2.45, 2.75) is 6.54 Å². The van der Waals surface area contributed by atoms with Gasteiger partial charge in [-0.15, -0.1) is 0 Å². The van der Waals surface area contributed by atoms with Crippen LogP contribution in [0, 0.1) is 0 Å². The third-order valence-corrected chi connectivity index (χ3v) is 3.08. The summed E-state index contributed by atoms with van der Waals surface area (Å²) in [5.41, 5.74) is 2.87. The quantitative estimate of drug-likeness (QED) is 0.777. The first-order valence-electron chi connectivity index (χ1n) is 5.74. The van der Waals surface area contributed by atoms with Crippen molar-refractivity contribution in [2.24, 2.45) is 0 Å². The minimum atomic E-state index is 0.658. The summed E-state index contributed by atoms with van der Waals surface area (Å²) in [5, 5.41) is 4.01. The van der Waals surface area contributed by atoms with Crippen LogP contribution in [0.4, 0.5) is 5.69 Å². The Hall–Kier alpha value is -2.00. The van der Waals surface area contributed by atoms with Gasteiger partial charge in [0, 0.05) is 12.4 Å². The molecule has 1 aromatic carbocycles. The summed E-state index contributed by atoms with van der Waals surface area (Å²) in [6.07, 6.45) is 4.00. The van der Waals surface area contributed by atoms with Gasteiger partial charge in [-0.2, -0.15) is 0 Å². The molecule has 18 heavy (non-hydrogen) atoms. The topological polar surface area (TPSA) is 29.3 Å². The van der Waals surface area contributed by atoms with Crippen LogP contribution < -0.4 is 5.32 Å². The number of rotatable bonds is 3. The Morgan fingerprint density at radius 3 is 2.78 bits per heavy atom. The Morgan fingerprint density at radius 2 is 1.94 bits per heavy atom. The number of anilines is 1. The van der Waals surface area contributed by atoms with E-state index in [4.69, 9.17) is 11.6 Å². The van der Waals surface area contributed by atoms with Crippen LogP contribution in [-0.2, 0) is 6.54 Å². The minimum Gasteiger partial charge on any atom is -0.378 e. The summed E-state index contributed by atoms with van der Waals surface area (Å²) in [6.45, 7) is 0.658. The van der Waals surface area contributed by atoms with E-state index < -0.39 is 0 Å². The lowest BCUT2D eigenvalue weighted by atomic mass is 10.3. The van der Waals surface area contributed by atoms with Gasteiger partial charge >= 0.3 is 0 Å². The van der Waals surface area contributed by atoms with E-state index in [1.807, 2.05) is 59.3 Å². The van der Waals surface area contributed by atoms with E-state index in [-0.39, 0.29) is 0 Å². The minimum absolute atomic E-state index is 0.658. The van der Waals surface area contributed by atoms with Gasteiger partial charge in [0.2, 0.25) is 0 Å². The molecule has 0 fully saturated rings. The van der Waals surface area contributed by atoms with Crippen LogP contribution in [0.15, 0.2) is 54.9 Å². The lowest BCUT2D eigenvalue weighted by Gasteiger charge is -2.05. The van der Waals surface area contributed by atoms with Gasteiger partial charge in [-0.05, 0) is 24.3 Å². The Bertz CT molecular complexity index is 642. The second kappa shape index (κ2) is 4.70. The van der Waals surface area contributed by atoms with Gasteiger partial charge < -0.3 is 9.72 Å². The highest BCUT2D eigenvalue weighted by molar-refractivity contribution is 6.33. The predicted molar refractivity (Wildman–Crippen MR) is 74.0 cm³/mol. The van der Waals surface area contributed by atoms with E-state index in [0.29, 0.717) is 6.54 Å². The Balaban J connectivity index is 1.79. The molecule has 1 N–H and O–H groups in total. The van der Waals surface area contributed by atoms with E-state index in [0.717, 1.165) is 22.1 Å². The lowest BCUT2D eigenvalue weighted by Crippen LogP contribution is -1.99. The molecule has 0 aliphatic heterocycles. The molecule has 4 heteroatoms. The third-order valence-electron chi connectivity index (χ3n) is 2.75. The molecule has 3 nitrogen and oxygen atoms in total. The molecule has 2 aromatic heterocycles. The maximum Gasteiger partial charge on any atom is 0.137 e. The number of imidazole rings is 1. The monoisotopic (exact) mass is 257 g/mol. The average Bonchev–Trinajstić information content (AvgIpc) is 2.80. The maximum atomic E-state index is 6.08. The first kappa shape index (κ1) is 11.1. The Kier molecular flexibility index (Phi) is 2.90. The molecule has 2 heterocycles. The zero-order valence-electron chi connectivity index (χ0n) is 9.68. The van der Waals surface area contributed by atoms with Crippen LogP contribution in [0.2, 0.25) is 5.02 Å². The van der Waals surface area contributed by atoms with Crippen molar-refractivity contribution in [1.82, 2.24) is 9.38 Å². The van der Waals surface area contributed by atoms with Gasteiger partial charge in [0.1, 0.15) is 5.65 Å². The Labute approximate surface area is 110 Å². The lowest BCUT2D eigenvalue weighted by molar-refractivity contribution is 1.08. The summed E-state index contributed by atoms with van der Waals surface area (Å²) < 4.78 is 2.00. The molecular weight excluding hydrogens is 246 g/mol. The van der Waals surface area contributed by atoms with Crippen molar-refractivity contribution in [3.8, 4) is 0 Å². The normalized spacial score (nSPS) is 10.7. The molecule has 0 aliphatic rings. The van der Waals surface area contributed by atoms with Crippen molar-refractivity contribution in [1.29, 1.82) is 0 Å². The van der Waals surface area contributed by atoms with Crippen LogP contribution in [0.3, 0.4) is 0 Å². The second-order valence-corrected chi connectivity index (χ2v) is 4.44. The number of hydrogen-bond acceptors (Lipinski definition) is 2. The van der Waals surface area contributed by atoms with Gasteiger partial charge in [-0.1, -0.05) is 29.8 Å². The van der Waals surface area contributed by atoms with Crippen molar-refractivity contribution in [2.75, 3.05) is 5.32 Å². The van der Waals surface area contributed by atoms with Crippen LogP contribution in [0.25, 0.3) is 5.65 Å². The van der Waals surface area contributed by atoms with Gasteiger partial charge in [0.15, 0.2) is 0 Å².